The van der Waals surface area contributed by atoms with Crippen LogP contribution in [0.25, 0.3) is 11.0 Å². The van der Waals surface area contributed by atoms with Gasteiger partial charge in [-0.3, -0.25) is 4.79 Å². The summed E-state index contributed by atoms with van der Waals surface area (Å²) in [6.45, 7) is 2.03. The summed E-state index contributed by atoms with van der Waals surface area (Å²) in [4.78, 5) is 15.9. The predicted molar refractivity (Wildman–Crippen MR) is 76.1 cm³/mol. The lowest BCUT2D eigenvalue weighted by Crippen LogP contribution is -2.15. The third-order valence-electron chi connectivity index (χ3n) is 4.36. The third-order valence-corrected chi connectivity index (χ3v) is 4.36. The molecule has 0 bridgehead atoms. The van der Waals surface area contributed by atoms with Crippen molar-refractivity contribution in [2.75, 3.05) is 0 Å². The molecule has 0 spiro atoms. The molecule has 0 saturated heterocycles. The molecule has 1 fully saturated rings. The fourth-order valence-electron chi connectivity index (χ4n) is 3.03. The molecule has 0 aliphatic heterocycles. The highest BCUT2D eigenvalue weighted by molar-refractivity contribution is 5.79. The van der Waals surface area contributed by atoms with Gasteiger partial charge in [0.1, 0.15) is 11.6 Å². The van der Waals surface area contributed by atoms with Crippen molar-refractivity contribution in [3.05, 3.63) is 29.6 Å². The van der Waals surface area contributed by atoms with E-state index in [0.717, 1.165) is 43.4 Å². The zero-order valence-corrected chi connectivity index (χ0v) is 11.6. The van der Waals surface area contributed by atoms with Gasteiger partial charge in [-0.25, -0.2) is 4.98 Å². The summed E-state index contributed by atoms with van der Waals surface area (Å²) in [5.41, 5.74) is 3.63. The highest BCUT2D eigenvalue weighted by atomic mass is 16.1. The molecular weight excluding hydrogens is 236 g/mol. The Morgan fingerprint density at radius 2 is 2.05 bits per heavy atom. The number of benzene rings is 1. The van der Waals surface area contributed by atoms with E-state index in [4.69, 9.17) is 0 Å². The Kier molecular flexibility index (Phi) is 3.13. The summed E-state index contributed by atoms with van der Waals surface area (Å²) in [7, 11) is 2.05. The molecule has 0 unspecified atom stereocenters. The topological polar surface area (TPSA) is 34.9 Å². The van der Waals surface area contributed by atoms with Crippen LogP contribution in [0, 0.1) is 12.8 Å². The quantitative estimate of drug-likeness (QED) is 0.827. The SMILES string of the molecule is Cc1nc2cc(CC3CCC(=O)CC3)ccc2n1C. The van der Waals surface area contributed by atoms with E-state index in [1.165, 1.54) is 11.1 Å². The summed E-state index contributed by atoms with van der Waals surface area (Å²) < 4.78 is 2.12. The highest BCUT2D eigenvalue weighted by Gasteiger charge is 2.19. The van der Waals surface area contributed by atoms with E-state index in [1.807, 2.05) is 6.92 Å². The number of ketones is 1. The number of imidazole rings is 1. The number of fused-ring (bicyclic) bond motifs is 1. The van der Waals surface area contributed by atoms with Crippen LogP contribution in [0.1, 0.15) is 37.1 Å². The van der Waals surface area contributed by atoms with Crippen LogP contribution >= 0.6 is 0 Å². The number of nitrogens with zero attached hydrogens (tertiary/aromatic N) is 2. The number of aryl methyl sites for hydroxylation is 2. The summed E-state index contributed by atoms with van der Waals surface area (Å²) in [6, 6.07) is 6.58. The van der Waals surface area contributed by atoms with Crippen molar-refractivity contribution in [3.8, 4) is 0 Å². The van der Waals surface area contributed by atoms with E-state index in [1.54, 1.807) is 0 Å². The van der Waals surface area contributed by atoms with Gasteiger partial charge in [-0.2, -0.15) is 0 Å². The van der Waals surface area contributed by atoms with Crippen molar-refractivity contribution in [1.82, 2.24) is 9.55 Å². The maximum absolute atomic E-state index is 11.3. The lowest BCUT2D eigenvalue weighted by molar-refractivity contribution is -0.121. The number of Topliss-reactive ketones (excluding diaryl/α,β-unsaturated/α-hetero) is 1. The maximum atomic E-state index is 11.3. The zero-order valence-electron chi connectivity index (χ0n) is 11.6. The first-order valence-electron chi connectivity index (χ1n) is 7.07. The monoisotopic (exact) mass is 256 g/mol. The van der Waals surface area contributed by atoms with Crippen LogP contribution in [-0.4, -0.2) is 15.3 Å². The standard InChI is InChI=1S/C16H20N2O/c1-11-17-15-10-13(5-8-16(15)18(11)2)9-12-3-6-14(19)7-4-12/h5,8,10,12H,3-4,6-7,9H2,1-2H3. The number of carbonyl (C=O) groups is 1. The number of hydrogen-bond acceptors (Lipinski definition) is 2. The van der Waals surface area contributed by atoms with Gasteiger partial charge in [-0.1, -0.05) is 6.07 Å². The van der Waals surface area contributed by atoms with Crippen LogP contribution in [0.3, 0.4) is 0 Å². The molecule has 3 heteroatoms. The van der Waals surface area contributed by atoms with Gasteiger partial charge < -0.3 is 4.57 Å². The maximum Gasteiger partial charge on any atom is 0.132 e. The van der Waals surface area contributed by atoms with Gasteiger partial charge in [0, 0.05) is 19.9 Å². The van der Waals surface area contributed by atoms with E-state index in [-0.39, 0.29) is 0 Å². The number of hydrogen-bond donors (Lipinski definition) is 0. The first kappa shape index (κ1) is 12.4. The average molecular weight is 256 g/mol. The van der Waals surface area contributed by atoms with Crippen LogP contribution in [0.4, 0.5) is 0 Å². The average Bonchev–Trinajstić information content (AvgIpc) is 2.68. The second kappa shape index (κ2) is 4.80. The molecule has 1 aliphatic rings. The Balaban J connectivity index is 1.80. The molecule has 0 radical (unpaired) electrons. The molecule has 1 aromatic carbocycles. The Bertz CT molecular complexity index is 617. The minimum Gasteiger partial charge on any atom is -0.331 e. The van der Waals surface area contributed by atoms with Crippen molar-refractivity contribution in [2.24, 2.45) is 13.0 Å². The van der Waals surface area contributed by atoms with E-state index >= 15 is 0 Å². The van der Waals surface area contributed by atoms with Crippen LogP contribution in [0.15, 0.2) is 18.2 Å². The summed E-state index contributed by atoms with van der Waals surface area (Å²) >= 11 is 0. The second-order valence-electron chi connectivity index (χ2n) is 5.73. The molecule has 19 heavy (non-hydrogen) atoms. The summed E-state index contributed by atoms with van der Waals surface area (Å²) in [5.74, 6) is 2.16. The predicted octanol–water partition coefficient (Wildman–Crippen LogP) is 3.18. The van der Waals surface area contributed by atoms with Gasteiger partial charge in [0.25, 0.3) is 0 Å². The van der Waals surface area contributed by atoms with Gasteiger partial charge in [-0.15, -0.1) is 0 Å². The van der Waals surface area contributed by atoms with Crippen molar-refractivity contribution < 1.29 is 4.79 Å². The lowest BCUT2D eigenvalue weighted by Gasteiger charge is -2.20. The Hall–Kier alpha value is -1.64. The molecule has 3 rings (SSSR count). The van der Waals surface area contributed by atoms with Gasteiger partial charge in [0.2, 0.25) is 0 Å². The molecular formula is C16H20N2O. The Morgan fingerprint density at radius 1 is 1.32 bits per heavy atom. The smallest absolute Gasteiger partial charge is 0.132 e. The van der Waals surface area contributed by atoms with E-state index in [2.05, 4.69) is 34.8 Å². The minimum atomic E-state index is 0.437. The van der Waals surface area contributed by atoms with Gasteiger partial charge >= 0.3 is 0 Å². The van der Waals surface area contributed by atoms with Crippen molar-refractivity contribution in [2.45, 2.75) is 39.0 Å². The van der Waals surface area contributed by atoms with Crippen LogP contribution in [0.5, 0.6) is 0 Å². The van der Waals surface area contributed by atoms with Gasteiger partial charge in [0.05, 0.1) is 11.0 Å². The molecule has 1 saturated carbocycles. The van der Waals surface area contributed by atoms with Crippen LogP contribution in [-0.2, 0) is 18.3 Å². The lowest BCUT2D eigenvalue weighted by atomic mass is 9.84. The molecule has 0 atom stereocenters. The van der Waals surface area contributed by atoms with Crippen molar-refractivity contribution in [1.29, 1.82) is 0 Å². The molecule has 1 aliphatic carbocycles. The Labute approximate surface area is 113 Å². The van der Waals surface area contributed by atoms with Gasteiger partial charge in [-0.05, 0) is 49.8 Å². The fraction of sp³-hybridized carbons (Fsp3) is 0.500. The highest BCUT2D eigenvalue weighted by Crippen LogP contribution is 2.26. The van der Waals surface area contributed by atoms with E-state index < -0.39 is 0 Å². The van der Waals surface area contributed by atoms with Crippen molar-refractivity contribution in [3.63, 3.8) is 0 Å². The van der Waals surface area contributed by atoms with E-state index in [0.29, 0.717) is 11.7 Å². The molecule has 100 valence electrons. The molecule has 1 aromatic heterocycles. The third kappa shape index (κ3) is 2.42. The fourth-order valence-corrected chi connectivity index (χ4v) is 3.03. The van der Waals surface area contributed by atoms with Crippen LogP contribution < -0.4 is 0 Å². The van der Waals surface area contributed by atoms with E-state index in [9.17, 15) is 4.79 Å². The summed E-state index contributed by atoms with van der Waals surface area (Å²) in [6.07, 6.45) is 4.74. The zero-order chi connectivity index (χ0) is 13.4. The van der Waals surface area contributed by atoms with Gasteiger partial charge in [0.15, 0.2) is 0 Å². The largest absolute Gasteiger partial charge is 0.331 e. The first-order valence-corrected chi connectivity index (χ1v) is 7.07. The van der Waals surface area contributed by atoms with Crippen LogP contribution in [0.2, 0.25) is 0 Å². The number of aromatic nitrogens is 2. The van der Waals surface area contributed by atoms with Crippen molar-refractivity contribution >= 4 is 16.8 Å². The molecule has 0 amide bonds. The number of rotatable bonds is 2. The second-order valence-corrected chi connectivity index (χ2v) is 5.73. The summed E-state index contributed by atoms with van der Waals surface area (Å²) in [5, 5.41) is 0. The molecule has 3 nitrogen and oxygen atoms in total. The normalized spacial score (nSPS) is 17.3. The molecule has 2 aromatic rings. The Morgan fingerprint density at radius 3 is 2.79 bits per heavy atom. The molecule has 1 heterocycles. The minimum absolute atomic E-state index is 0.437. The first-order chi connectivity index (χ1) is 9.13. The molecule has 0 N–H and O–H groups in total. The number of carbonyl (C=O) groups excluding carboxylic acids is 1.